The number of hydrogen-bond donors (Lipinski definition) is 0. The molecule has 3 aromatic rings. The Hall–Kier alpha value is -2.75. The van der Waals surface area contributed by atoms with E-state index < -0.39 is 0 Å². The summed E-state index contributed by atoms with van der Waals surface area (Å²) in [5, 5.41) is 4.07. The van der Waals surface area contributed by atoms with Gasteiger partial charge in [-0.2, -0.15) is 0 Å². The molecule has 1 aliphatic rings. The summed E-state index contributed by atoms with van der Waals surface area (Å²) >= 11 is 0. The van der Waals surface area contributed by atoms with E-state index in [1.165, 1.54) is 17.7 Å². The number of halogens is 1. The molecule has 1 unspecified atom stereocenters. The molecule has 1 atom stereocenters. The van der Waals surface area contributed by atoms with E-state index in [4.69, 9.17) is 9.52 Å². The predicted molar refractivity (Wildman–Crippen MR) is 91.3 cm³/mol. The first-order valence-corrected chi connectivity index (χ1v) is 8.04. The Kier molecular flexibility index (Phi) is 3.73. The molecule has 1 aromatic heterocycles. The summed E-state index contributed by atoms with van der Waals surface area (Å²) in [6.07, 6.45) is 1.54. The van der Waals surface area contributed by atoms with E-state index in [2.05, 4.69) is 17.3 Å². The lowest BCUT2D eigenvalue weighted by molar-refractivity contribution is 0.373. The lowest BCUT2D eigenvalue weighted by atomic mass is 9.88. The van der Waals surface area contributed by atoms with Crippen molar-refractivity contribution in [2.75, 3.05) is 0 Å². The van der Waals surface area contributed by atoms with Crippen molar-refractivity contribution in [2.45, 2.75) is 25.7 Å². The van der Waals surface area contributed by atoms with Gasteiger partial charge in [-0.05, 0) is 42.5 Å². The maximum absolute atomic E-state index is 13.3. The van der Waals surface area contributed by atoms with Crippen LogP contribution in [0.4, 0.5) is 10.1 Å². The van der Waals surface area contributed by atoms with Crippen LogP contribution in [0.5, 0.6) is 0 Å². The molecule has 0 N–H and O–H groups in total. The zero-order valence-corrected chi connectivity index (χ0v) is 13.4. The molecule has 120 valence electrons. The van der Waals surface area contributed by atoms with E-state index in [1.807, 2.05) is 25.1 Å². The Morgan fingerprint density at radius 1 is 1.00 bits per heavy atom. The number of aromatic nitrogens is 1. The molecule has 0 spiro atoms. The molecule has 0 saturated heterocycles. The fourth-order valence-electron chi connectivity index (χ4n) is 3.18. The van der Waals surface area contributed by atoms with Crippen LogP contribution in [-0.2, 0) is 6.42 Å². The molecule has 0 bridgehead atoms. The average molecular weight is 320 g/mol. The number of fused-ring (bicyclic) bond motifs is 1. The van der Waals surface area contributed by atoms with Crippen LogP contribution in [0.2, 0.25) is 0 Å². The van der Waals surface area contributed by atoms with Crippen LogP contribution >= 0.6 is 0 Å². The SMILES string of the molecule is Cc1noc2c1N=C(c1ccc(F)cc1)CC(c1ccccc1)C2. The summed E-state index contributed by atoms with van der Waals surface area (Å²) in [6, 6.07) is 16.9. The minimum atomic E-state index is -0.241. The maximum atomic E-state index is 13.3. The van der Waals surface area contributed by atoms with Crippen LogP contribution in [0, 0.1) is 12.7 Å². The van der Waals surface area contributed by atoms with E-state index in [0.29, 0.717) is 0 Å². The third-order valence-electron chi connectivity index (χ3n) is 4.47. The Balaban J connectivity index is 1.80. The maximum Gasteiger partial charge on any atom is 0.163 e. The van der Waals surface area contributed by atoms with Gasteiger partial charge in [0.2, 0.25) is 0 Å². The van der Waals surface area contributed by atoms with Gasteiger partial charge in [-0.3, -0.25) is 0 Å². The van der Waals surface area contributed by atoms with Crippen molar-refractivity contribution in [3.05, 3.63) is 83.0 Å². The van der Waals surface area contributed by atoms with E-state index in [0.717, 1.165) is 41.3 Å². The lowest BCUT2D eigenvalue weighted by Gasteiger charge is -2.15. The van der Waals surface area contributed by atoms with Gasteiger partial charge in [0.05, 0.1) is 0 Å². The molecule has 4 heteroatoms. The van der Waals surface area contributed by atoms with Crippen molar-refractivity contribution in [2.24, 2.45) is 4.99 Å². The Bertz CT molecular complexity index is 882. The molecule has 0 radical (unpaired) electrons. The van der Waals surface area contributed by atoms with E-state index in [1.54, 1.807) is 12.1 Å². The van der Waals surface area contributed by atoms with Gasteiger partial charge in [-0.15, -0.1) is 0 Å². The number of hydrogen-bond acceptors (Lipinski definition) is 3. The number of benzene rings is 2. The second-order valence-electron chi connectivity index (χ2n) is 6.12. The summed E-state index contributed by atoms with van der Waals surface area (Å²) in [5.74, 6) is 0.830. The monoisotopic (exact) mass is 320 g/mol. The van der Waals surface area contributed by atoms with E-state index >= 15 is 0 Å². The third kappa shape index (κ3) is 2.75. The zero-order valence-electron chi connectivity index (χ0n) is 13.4. The van der Waals surface area contributed by atoms with Crippen molar-refractivity contribution >= 4 is 11.4 Å². The first-order valence-electron chi connectivity index (χ1n) is 8.04. The summed E-state index contributed by atoms with van der Waals surface area (Å²) in [6.45, 7) is 1.90. The highest BCUT2D eigenvalue weighted by molar-refractivity contribution is 6.03. The topological polar surface area (TPSA) is 38.4 Å². The fraction of sp³-hybridized carbons (Fsp3) is 0.200. The Morgan fingerprint density at radius 3 is 2.50 bits per heavy atom. The largest absolute Gasteiger partial charge is 0.359 e. The number of nitrogens with zero attached hydrogens (tertiary/aromatic N) is 2. The summed E-state index contributed by atoms with van der Waals surface area (Å²) in [7, 11) is 0. The highest BCUT2D eigenvalue weighted by Gasteiger charge is 2.25. The minimum Gasteiger partial charge on any atom is -0.359 e. The molecular weight excluding hydrogens is 303 g/mol. The highest BCUT2D eigenvalue weighted by Crippen LogP contribution is 2.36. The summed E-state index contributed by atoms with van der Waals surface area (Å²) in [5.41, 5.74) is 4.72. The van der Waals surface area contributed by atoms with Gasteiger partial charge < -0.3 is 4.52 Å². The standard InChI is InChI=1S/C20H17FN2O/c1-13-20-19(24-23-13)12-16(14-5-3-2-4-6-14)11-18(22-20)15-7-9-17(21)10-8-15/h2-10,16H,11-12H2,1H3. The molecule has 4 rings (SSSR count). The van der Waals surface area contributed by atoms with Crippen LogP contribution < -0.4 is 0 Å². The third-order valence-corrected chi connectivity index (χ3v) is 4.47. The van der Waals surface area contributed by atoms with Crippen molar-refractivity contribution < 1.29 is 8.91 Å². The number of rotatable bonds is 2. The smallest absolute Gasteiger partial charge is 0.163 e. The molecule has 3 nitrogen and oxygen atoms in total. The first kappa shape index (κ1) is 14.8. The molecule has 2 heterocycles. The first-order chi connectivity index (χ1) is 11.7. The van der Waals surface area contributed by atoms with Crippen LogP contribution in [0.25, 0.3) is 0 Å². The Morgan fingerprint density at radius 2 is 1.75 bits per heavy atom. The van der Waals surface area contributed by atoms with Gasteiger partial charge in [0.15, 0.2) is 5.76 Å². The van der Waals surface area contributed by atoms with Crippen LogP contribution in [0.3, 0.4) is 0 Å². The average Bonchev–Trinajstić information content (AvgIpc) is 2.84. The highest BCUT2D eigenvalue weighted by atomic mass is 19.1. The van der Waals surface area contributed by atoms with E-state index in [9.17, 15) is 4.39 Å². The minimum absolute atomic E-state index is 0.241. The van der Waals surface area contributed by atoms with Crippen LogP contribution in [-0.4, -0.2) is 10.9 Å². The molecule has 0 amide bonds. The molecule has 2 aromatic carbocycles. The van der Waals surface area contributed by atoms with Gasteiger partial charge in [0.25, 0.3) is 0 Å². The Labute approximate surface area is 139 Å². The molecule has 0 fully saturated rings. The lowest BCUT2D eigenvalue weighted by Crippen LogP contribution is -2.09. The van der Waals surface area contributed by atoms with Crippen molar-refractivity contribution in [1.29, 1.82) is 0 Å². The van der Waals surface area contributed by atoms with Crippen LogP contribution in [0.15, 0.2) is 64.1 Å². The van der Waals surface area contributed by atoms with Crippen LogP contribution in [0.1, 0.15) is 34.9 Å². The van der Waals surface area contributed by atoms with Gasteiger partial charge >= 0.3 is 0 Å². The predicted octanol–water partition coefficient (Wildman–Crippen LogP) is 4.97. The second-order valence-corrected chi connectivity index (χ2v) is 6.12. The molecule has 24 heavy (non-hydrogen) atoms. The summed E-state index contributed by atoms with van der Waals surface area (Å²) in [4.78, 5) is 4.81. The van der Waals surface area contributed by atoms with Gasteiger partial charge in [-0.1, -0.05) is 47.6 Å². The van der Waals surface area contributed by atoms with Gasteiger partial charge in [0, 0.05) is 12.1 Å². The van der Waals surface area contributed by atoms with E-state index in [-0.39, 0.29) is 11.7 Å². The number of aliphatic imine (C=N–C) groups is 1. The van der Waals surface area contributed by atoms with Crippen molar-refractivity contribution in [3.63, 3.8) is 0 Å². The van der Waals surface area contributed by atoms with Gasteiger partial charge in [0.1, 0.15) is 17.2 Å². The van der Waals surface area contributed by atoms with Crippen molar-refractivity contribution in [3.8, 4) is 0 Å². The quantitative estimate of drug-likeness (QED) is 0.668. The molecule has 0 aliphatic carbocycles. The molecule has 0 saturated carbocycles. The molecular formula is C20H17FN2O. The van der Waals surface area contributed by atoms with Crippen molar-refractivity contribution in [1.82, 2.24) is 5.16 Å². The zero-order chi connectivity index (χ0) is 16.5. The van der Waals surface area contributed by atoms with Gasteiger partial charge in [-0.25, -0.2) is 9.38 Å². The normalized spacial score (nSPS) is 17.1. The summed E-state index contributed by atoms with van der Waals surface area (Å²) < 4.78 is 18.8. The number of aryl methyl sites for hydroxylation is 1. The second kappa shape index (κ2) is 6.04. The fourth-order valence-corrected chi connectivity index (χ4v) is 3.18. The molecule has 1 aliphatic heterocycles.